The Hall–Kier alpha value is -1.95. The largest absolute Gasteiger partial charge is 0.389 e. The molecule has 1 saturated heterocycles. The van der Waals surface area contributed by atoms with Gasteiger partial charge in [-0.2, -0.15) is 0 Å². The van der Waals surface area contributed by atoms with Crippen molar-refractivity contribution in [1.82, 2.24) is 5.32 Å². The Morgan fingerprint density at radius 2 is 1.94 bits per heavy atom. The molecule has 0 spiro atoms. The number of hydrogen-bond donors (Lipinski definition) is 2. The van der Waals surface area contributed by atoms with Gasteiger partial charge in [-0.15, -0.1) is 0 Å². The normalized spacial score (nSPS) is 17.6. The van der Waals surface area contributed by atoms with Crippen molar-refractivity contribution >= 4 is 17.5 Å². The van der Waals surface area contributed by atoms with Gasteiger partial charge in [0, 0.05) is 11.3 Å². The van der Waals surface area contributed by atoms with Gasteiger partial charge in [0.15, 0.2) is 0 Å². The lowest BCUT2D eigenvalue weighted by Crippen LogP contribution is -2.51. The van der Waals surface area contributed by atoms with E-state index in [9.17, 15) is 19.1 Å². The van der Waals surface area contributed by atoms with Crippen LogP contribution < -0.4 is 10.2 Å². The van der Waals surface area contributed by atoms with Crippen molar-refractivity contribution < 1.29 is 19.1 Å². The van der Waals surface area contributed by atoms with E-state index in [1.807, 2.05) is 0 Å². The highest BCUT2D eigenvalue weighted by Crippen LogP contribution is 2.29. The van der Waals surface area contributed by atoms with Crippen LogP contribution in [0.4, 0.5) is 10.1 Å². The number of nitrogens with zero attached hydrogens (tertiary/aromatic N) is 1. The standard InChI is InChI=1S/C12H13FN2O3/c1-7(16)12-8(13)3-2-4-9(12)15-5-10(17)14-11(18)6-15/h2-4,7,16H,5-6H2,1H3,(H,14,17,18)/t7-/m1/s1. The van der Waals surface area contributed by atoms with Crippen LogP contribution in [0.3, 0.4) is 0 Å². The van der Waals surface area contributed by atoms with E-state index in [1.54, 1.807) is 6.07 Å². The van der Waals surface area contributed by atoms with Crippen LogP contribution in [0, 0.1) is 5.82 Å². The van der Waals surface area contributed by atoms with Gasteiger partial charge in [-0.1, -0.05) is 6.07 Å². The Balaban J connectivity index is 2.41. The molecule has 0 saturated carbocycles. The summed E-state index contributed by atoms with van der Waals surface area (Å²) in [5.41, 5.74) is 0.466. The molecule has 1 aliphatic heterocycles. The van der Waals surface area contributed by atoms with Crippen LogP contribution in [0.15, 0.2) is 18.2 Å². The Morgan fingerprint density at radius 3 is 2.50 bits per heavy atom. The summed E-state index contributed by atoms with van der Waals surface area (Å²) in [5.74, 6) is -1.43. The minimum atomic E-state index is -1.01. The first-order valence-corrected chi connectivity index (χ1v) is 5.53. The number of imide groups is 1. The zero-order valence-electron chi connectivity index (χ0n) is 9.81. The summed E-state index contributed by atoms with van der Waals surface area (Å²) >= 11 is 0. The van der Waals surface area contributed by atoms with Crippen molar-refractivity contribution in [2.24, 2.45) is 0 Å². The second-order valence-electron chi connectivity index (χ2n) is 4.18. The van der Waals surface area contributed by atoms with Crippen molar-refractivity contribution in [3.63, 3.8) is 0 Å². The van der Waals surface area contributed by atoms with Gasteiger partial charge in [0.1, 0.15) is 5.82 Å². The predicted molar refractivity (Wildman–Crippen MR) is 62.4 cm³/mol. The molecule has 1 heterocycles. The summed E-state index contributed by atoms with van der Waals surface area (Å²) in [5, 5.41) is 11.8. The topological polar surface area (TPSA) is 69.6 Å². The molecule has 1 aromatic carbocycles. The van der Waals surface area contributed by atoms with Crippen LogP contribution in [0.2, 0.25) is 0 Å². The number of carbonyl (C=O) groups excluding carboxylic acids is 2. The first-order valence-electron chi connectivity index (χ1n) is 5.53. The number of aliphatic hydroxyl groups excluding tert-OH is 1. The summed E-state index contributed by atoms with van der Waals surface area (Å²) in [6.07, 6.45) is -1.01. The third-order valence-corrected chi connectivity index (χ3v) is 2.74. The number of amides is 2. The van der Waals surface area contributed by atoms with Crippen LogP contribution >= 0.6 is 0 Å². The van der Waals surface area contributed by atoms with E-state index in [0.717, 1.165) is 0 Å². The van der Waals surface area contributed by atoms with E-state index in [-0.39, 0.29) is 18.7 Å². The number of aliphatic hydroxyl groups is 1. The molecule has 2 N–H and O–H groups in total. The van der Waals surface area contributed by atoms with Gasteiger partial charge >= 0.3 is 0 Å². The quantitative estimate of drug-likeness (QED) is 0.745. The van der Waals surface area contributed by atoms with Gasteiger partial charge < -0.3 is 10.0 Å². The first kappa shape index (κ1) is 12.5. The maximum atomic E-state index is 13.7. The van der Waals surface area contributed by atoms with Gasteiger partial charge in [0.25, 0.3) is 0 Å². The fourth-order valence-corrected chi connectivity index (χ4v) is 2.02. The molecule has 0 aliphatic carbocycles. The Labute approximate surface area is 103 Å². The van der Waals surface area contributed by atoms with Crippen LogP contribution in [0.1, 0.15) is 18.6 Å². The number of rotatable bonds is 2. The summed E-state index contributed by atoms with van der Waals surface area (Å²) in [7, 11) is 0. The maximum absolute atomic E-state index is 13.7. The third-order valence-electron chi connectivity index (χ3n) is 2.74. The Morgan fingerprint density at radius 1 is 1.33 bits per heavy atom. The molecule has 1 fully saturated rings. The molecule has 18 heavy (non-hydrogen) atoms. The molecule has 6 heteroatoms. The summed E-state index contributed by atoms with van der Waals surface area (Å²) in [6.45, 7) is 1.37. The van der Waals surface area contributed by atoms with Crippen LogP contribution in [-0.4, -0.2) is 30.0 Å². The third kappa shape index (κ3) is 2.33. The number of anilines is 1. The van der Waals surface area contributed by atoms with Crippen molar-refractivity contribution in [3.05, 3.63) is 29.6 Å². The van der Waals surface area contributed by atoms with E-state index in [4.69, 9.17) is 0 Å². The molecule has 0 radical (unpaired) electrons. The molecule has 2 amide bonds. The van der Waals surface area contributed by atoms with E-state index in [1.165, 1.54) is 24.0 Å². The van der Waals surface area contributed by atoms with Crippen LogP contribution in [0.25, 0.3) is 0 Å². The van der Waals surface area contributed by atoms with E-state index < -0.39 is 23.7 Å². The zero-order chi connectivity index (χ0) is 13.3. The number of halogens is 1. The van der Waals surface area contributed by atoms with Gasteiger partial charge in [-0.25, -0.2) is 4.39 Å². The molecule has 5 nitrogen and oxygen atoms in total. The monoisotopic (exact) mass is 252 g/mol. The molecule has 1 atom stereocenters. The molecule has 0 unspecified atom stereocenters. The SMILES string of the molecule is C[C@@H](O)c1c(F)cccc1N1CC(=O)NC(=O)C1. The average Bonchev–Trinajstić information content (AvgIpc) is 2.26. The van der Waals surface area contributed by atoms with E-state index in [0.29, 0.717) is 5.69 Å². The lowest BCUT2D eigenvalue weighted by molar-refractivity contribution is -0.130. The molecular weight excluding hydrogens is 239 g/mol. The van der Waals surface area contributed by atoms with Gasteiger partial charge in [-0.3, -0.25) is 14.9 Å². The van der Waals surface area contributed by atoms with Crippen molar-refractivity contribution in [2.45, 2.75) is 13.0 Å². The average molecular weight is 252 g/mol. The molecular formula is C12H13FN2O3. The number of piperazine rings is 1. The predicted octanol–water partition coefficient (Wildman–Crippen LogP) is 0.342. The van der Waals surface area contributed by atoms with Crippen LogP contribution in [0.5, 0.6) is 0 Å². The molecule has 96 valence electrons. The molecule has 1 aromatic rings. The highest BCUT2D eigenvalue weighted by atomic mass is 19.1. The van der Waals surface area contributed by atoms with Gasteiger partial charge in [0.05, 0.1) is 19.2 Å². The van der Waals surface area contributed by atoms with Gasteiger partial charge in [0.2, 0.25) is 11.8 Å². The number of carbonyl (C=O) groups is 2. The zero-order valence-corrected chi connectivity index (χ0v) is 9.81. The number of benzene rings is 1. The summed E-state index contributed by atoms with van der Waals surface area (Å²) in [6, 6.07) is 4.29. The van der Waals surface area contributed by atoms with Crippen molar-refractivity contribution in [1.29, 1.82) is 0 Å². The second kappa shape index (κ2) is 4.73. The second-order valence-corrected chi connectivity index (χ2v) is 4.18. The van der Waals surface area contributed by atoms with Crippen molar-refractivity contribution in [3.8, 4) is 0 Å². The lowest BCUT2D eigenvalue weighted by atomic mass is 10.1. The highest BCUT2D eigenvalue weighted by molar-refractivity contribution is 6.02. The number of hydrogen-bond acceptors (Lipinski definition) is 4. The molecule has 2 rings (SSSR count). The summed E-state index contributed by atoms with van der Waals surface area (Å²) in [4.78, 5) is 24.0. The van der Waals surface area contributed by atoms with Crippen LogP contribution in [-0.2, 0) is 9.59 Å². The molecule has 0 bridgehead atoms. The summed E-state index contributed by atoms with van der Waals surface area (Å²) < 4.78 is 13.7. The smallest absolute Gasteiger partial charge is 0.246 e. The molecule has 0 aromatic heterocycles. The minimum absolute atomic E-state index is 0.0328. The fraction of sp³-hybridized carbons (Fsp3) is 0.333. The maximum Gasteiger partial charge on any atom is 0.246 e. The van der Waals surface area contributed by atoms with E-state index >= 15 is 0 Å². The van der Waals surface area contributed by atoms with Gasteiger partial charge in [-0.05, 0) is 19.1 Å². The van der Waals surface area contributed by atoms with E-state index in [2.05, 4.69) is 5.32 Å². The Kier molecular flexibility index (Phi) is 3.29. The Bertz CT molecular complexity index is 486. The minimum Gasteiger partial charge on any atom is -0.389 e. The van der Waals surface area contributed by atoms with Crippen molar-refractivity contribution in [2.75, 3.05) is 18.0 Å². The highest BCUT2D eigenvalue weighted by Gasteiger charge is 2.26. The first-order chi connectivity index (χ1) is 8.49. The number of nitrogens with one attached hydrogen (secondary N) is 1. The fourth-order valence-electron chi connectivity index (χ4n) is 2.02. The lowest BCUT2D eigenvalue weighted by Gasteiger charge is -2.29. The molecule has 1 aliphatic rings.